The molecule has 0 saturated carbocycles. The first-order valence-corrected chi connectivity index (χ1v) is 8.15. The summed E-state index contributed by atoms with van der Waals surface area (Å²) in [5, 5.41) is 11.3. The van der Waals surface area contributed by atoms with E-state index >= 15 is 0 Å². The van der Waals surface area contributed by atoms with E-state index in [0.717, 1.165) is 0 Å². The van der Waals surface area contributed by atoms with Crippen LogP contribution in [-0.2, 0) is 13.6 Å². The Morgan fingerprint density at radius 1 is 1.24 bits per heavy atom. The van der Waals surface area contributed by atoms with Crippen LogP contribution in [0.2, 0.25) is 15.1 Å². The van der Waals surface area contributed by atoms with Gasteiger partial charge in [0.2, 0.25) is 0 Å². The second-order valence-corrected chi connectivity index (χ2v) is 6.36. The lowest BCUT2D eigenvalue weighted by atomic mass is 10.2. The van der Waals surface area contributed by atoms with E-state index in [9.17, 15) is 9.18 Å². The average Bonchev–Trinajstić information content (AvgIpc) is 3.06. The van der Waals surface area contributed by atoms with Crippen LogP contribution in [0.5, 0.6) is 0 Å². The summed E-state index contributed by atoms with van der Waals surface area (Å²) in [6.45, 7) is 0.0631. The molecule has 10 heteroatoms. The van der Waals surface area contributed by atoms with Crippen molar-refractivity contribution in [3.05, 3.63) is 62.7 Å². The van der Waals surface area contributed by atoms with Crippen molar-refractivity contribution in [1.29, 1.82) is 0 Å². The molecule has 130 valence electrons. The van der Waals surface area contributed by atoms with Crippen molar-refractivity contribution in [2.24, 2.45) is 7.05 Å². The van der Waals surface area contributed by atoms with E-state index in [4.69, 9.17) is 34.8 Å². The minimum Gasteiger partial charge on any atom is -0.302 e. The third kappa shape index (κ3) is 3.63. The van der Waals surface area contributed by atoms with Crippen LogP contribution in [-0.4, -0.2) is 25.5 Å². The van der Waals surface area contributed by atoms with Crippen molar-refractivity contribution < 1.29 is 9.18 Å². The predicted molar refractivity (Wildman–Crippen MR) is 93.9 cm³/mol. The van der Waals surface area contributed by atoms with Gasteiger partial charge in [0.05, 0.1) is 17.8 Å². The zero-order valence-corrected chi connectivity index (χ0v) is 15.1. The molecule has 0 unspecified atom stereocenters. The molecular formula is C15H11Cl3FN5O. The SMILES string of the molecule is Cn1ncc(Cl)c1C(=O)Nc1nn(Cc2c(F)cccc2Cl)cc1Cl. The number of carbonyl (C=O) groups excluding carboxylic acids is 1. The lowest BCUT2D eigenvalue weighted by Gasteiger charge is -2.06. The standard InChI is InChI=1S/C15H11Cl3FN5O/c1-23-13(10(17)5-20-23)15(25)21-14-11(18)7-24(22-14)6-8-9(16)3-2-4-12(8)19/h2-5,7H,6H2,1H3,(H,21,22,25). The van der Waals surface area contributed by atoms with Crippen molar-refractivity contribution in [2.75, 3.05) is 5.32 Å². The number of benzene rings is 1. The molecule has 1 amide bonds. The monoisotopic (exact) mass is 401 g/mol. The van der Waals surface area contributed by atoms with Crippen LogP contribution < -0.4 is 5.32 Å². The van der Waals surface area contributed by atoms with Gasteiger partial charge in [0, 0.05) is 23.8 Å². The number of carbonyl (C=O) groups is 1. The molecule has 0 atom stereocenters. The van der Waals surface area contributed by atoms with E-state index in [1.807, 2.05) is 0 Å². The molecule has 25 heavy (non-hydrogen) atoms. The number of anilines is 1. The van der Waals surface area contributed by atoms with E-state index in [1.54, 1.807) is 13.1 Å². The van der Waals surface area contributed by atoms with Crippen LogP contribution in [0.3, 0.4) is 0 Å². The maximum absolute atomic E-state index is 13.9. The average molecular weight is 403 g/mol. The smallest absolute Gasteiger partial charge is 0.276 e. The molecule has 0 aliphatic heterocycles. The van der Waals surface area contributed by atoms with Crippen molar-refractivity contribution in [3.8, 4) is 0 Å². The summed E-state index contributed by atoms with van der Waals surface area (Å²) in [6, 6.07) is 4.40. The van der Waals surface area contributed by atoms with Crippen LogP contribution in [0.25, 0.3) is 0 Å². The third-order valence-corrected chi connectivity index (χ3v) is 4.35. The number of aryl methyl sites for hydroxylation is 1. The fourth-order valence-electron chi connectivity index (χ4n) is 2.24. The fraction of sp³-hybridized carbons (Fsp3) is 0.133. The Kier molecular flexibility index (Phi) is 4.99. The van der Waals surface area contributed by atoms with Crippen molar-refractivity contribution in [1.82, 2.24) is 19.6 Å². The quantitative estimate of drug-likeness (QED) is 0.717. The molecule has 0 aliphatic carbocycles. The minimum atomic E-state index is -0.513. The molecule has 0 saturated heterocycles. The maximum atomic E-state index is 13.9. The number of nitrogens with zero attached hydrogens (tertiary/aromatic N) is 4. The molecule has 3 rings (SSSR count). The molecular weight excluding hydrogens is 392 g/mol. The van der Waals surface area contributed by atoms with E-state index in [-0.39, 0.29) is 38.7 Å². The largest absolute Gasteiger partial charge is 0.302 e. The molecule has 0 bridgehead atoms. The fourth-order valence-corrected chi connectivity index (χ4v) is 2.91. The maximum Gasteiger partial charge on any atom is 0.276 e. The van der Waals surface area contributed by atoms with E-state index in [2.05, 4.69) is 15.5 Å². The Bertz CT molecular complexity index is 913. The highest BCUT2D eigenvalue weighted by molar-refractivity contribution is 6.35. The number of rotatable bonds is 4. The van der Waals surface area contributed by atoms with E-state index in [0.29, 0.717) is 0 Å². The van der Waals surface area contributed by atoms with Gasteiger partial charge in [0.25, 0.3) is 5.91 Å². The number of nitrogens with one attached hydrogen (secondary N) is 1. The molecule has 0 fully saturated rings. The molecule has 1 aromatic carbocycles. The Morgan fingerprint density at radius 3 is 2.64 bits per heavy atom. The normalized spacial score (nSPS) is 10.9. The van der Waals surface area contributed by atoms with Crippen LogP contribution in [0.4, 0.5) is 10.2 Å². The molecule has 2 heterocycles. The van der Waals surface area contributed by atoms with Gasteiger partial charge >= 0.3 is 0 Å². The molecule has 0 spiro atoms. The highest BCUT2D eigenvalue weighted by atomic mass is 35.5. The third-order valence-electron chi connectivity index (χ3n) is 3.44. The Morgan fingerprint density at radius 2 is 2.00 bits per heavy atom. The van der Waals surface area contributed by atoms with Crippen molar-refractivity contribution >= 4 is 46.5 Å². The van der Waals surface area contributed by atoms with Crippen molar-refractivity contribution in [2.45, 2.75) is 6.54 Å². The minimum absolute atomic E-state index is 0.0631. The zero-order chi connectivity index (χ0) is 18.1. The zero-order valence-electron chi connectivity index (χ0n) is 12.8. The van der Waals surface area contributed by atoms with Gasteiger partial charge in [-0.2, -0.15) is 10.2 Å². The lowest BCUT2D eigenvalue weighted by Crippen LogP contribution is -2.17. The number of hydrogen-bond acceptors (Lipinski definition) is 3. The summed E-state index contributed by atoms with van der Waals surface area (Å²) in [6.07, 6.45) is 2.82. The van der Waals surface area contributed by atoms with E-state index < -0.39 is 11.7 Å². The summed E-state index contributed by atoms with van der Waals surface area (Å²) < 4.78 is 16.6. The Hall–Kier alpha value is -2.09. The van der Waals surface area contributed by atoms with Crippen LogP contribution in [0.1, 0.15) is 16.1 Å². The second kappa shape index (κ2) is 7.03. The molecule has 0 aliphatic rings. The number of halogens is 4. The molecule has 2 aromatic heterocycles. The molecule has 1 N–H and O–H groups in total. The van der Waals surface area contributed by atoms with Crippen LogP contribution in [0.15, 0.2) is 30.6 Å². The predicted octanol–water partition coefficient (Wildman–Crippen LogP) is 4.02. The van der Waals surface area contributed by atoms with Gasteiger partial charge < -0.3 is 5.32 Å². The van der Waals surface area contributed by atoms with Gasteiger partial charge in [-0.3, -0.25) is 14.2 Å². The molecule has 6 nitrogen and oxygen atoms in total. The number of aromatic nitrogens is 4. The number of hydrogen-bond donors (Lipinski definition) is 1. The van der Waals surface area contributed by atoms with Gasteiger partial charge in [0.1, 0.15) is 16.5 Å². The summed E-state index contributed by atoms with van der Waals surface area (Å²) in [7, 11) is 1.58. The highest BCUT2D eigenvalue weighted by Crippen LogP contribution is 2.24. The lowest BCUT2D eigenvalue weighted by molar-refractivity contribution is 0.101. The Labute approximate surface area is 157 Å². The van der Waals surface area contributed by atoms with E-state index in [1.165, 1.54) is 33.9 Å². The van der Waals surface area contributed by atoms with Gasteiger partial charge in [-0.15, -0.1) is 0 Å². The van der Waals surface area contributed by atoms with Gasteiger partial charge in [-0.1, -0.05) is 40.9 Å². The summed E-state index contributed by atoms with van der Waals surface area (Å²) in [4.78, 5) is 12.3. The summed E-state index contributed by atoms with van der Waals surface area (Å²) in [5.74, 6) is -0.844. The van der Waals surface area contributed by atoms with Gasteiger partial charge in [0.15, 0.2) is 5.82 Å². The second-order valence-electron chi connectivity index (χ2n) is 5.14. The van der Waals surface area contributed by atoms with Crippen LogP contribution in [0, 0.1) is 5.82 Å². The Balaban J connectivity index is 1.82. The van der Waals surface area contributed by atoms with Crippen LogP contribution >= 0.6 is 34.8 Å². The van der Waals surface area contributed by atoms with Gasteiger partial charge in [-0.05, 0) is 12.1 Å². The highest BCUT2D eigenvalue weighted by Gasteiger charge is 2.19. The first-order valence-electron chi connectivity index (χ1n) is 7.01. The summed E-state index contributed by atoms with van der Waals surface area (Å²) in [5.41, 5.74) is 0.445. The summed E-state index contributed by atoms with van der Waals surface area (Å²) >= 11 is 18.0. The molecule has 3 aromatic rings. The first kappa shape index (κ1) is 17.7. The first-order chi connectivity index (χ1) is 11.9. The topological polar surface area (TPSA) is 64.7 Å². The molecule has 0 radical (unpaired) electrons. The van der Waals surface area contributed by atoms with Crippen molar-refractivity contribution in [3.63, 3.8) is 0 Å². The number of amides is 1. The van der Waals surface area contributed by atoms with Gasteiger partial charge in [-0.25, -0.2) is 4.39 Å².